The maximum atomic E-state index is 12.6. The zero-order valence-electron chi connectivity index (χ0n) is 11.4. The molecule has 114 valence electrons. The van der Waals surface area contributed by atoms with E-state index in [2.05, 4.69) is 20.2 Å². The maximum absolute atomic E-state index is 12.6. The molecule has 0 saturated carbocycles. The van der Waals surface area contributed by atoms with Gasteiger partial charge in [0.25, 0.3) is 10.0 Å². The molecule has 0 saturated heterocycles. The first kappa shape index (κ1) is 16.1. The van der Waals surface area contributed by atoms with Crippen LogP contribution >= 0.6 is 23.2 Å². The lowest BCUT2D eigenvalue weighted by Gasteiger charge is -2.11. The minimum absolute atomic E-state index is 0.0906. The van der Waals surface area contributed by atoms with Gasteiger partial charge in [-0.15, -0.1) is 0 Å². The predicted octanol–water partition coefficient (Wildman–Crippen LogP) is 2.55. The fourth-order valence-electron chi connectivity index (χ4n) is 1.89. The summed E-state index contributed by atoms with van der Waals surface area (Å²) in [5.41, 5.74) is 0.985. The Morgan fingerprint density at radius 2 is 1.90 bits per heavy atom. The van der Waals surface area contributed by atoms with E-state index in [0.717, 1.165) is 0 Å². The zero-order valence-corrected chi connectivity index (χ0v) is 13.7. The van der Waals surface area contributed by atoms with E-state index in [1.165, 1.54) is 0 Å². The molecule has 3 N–H and O–H groups in total. The van der Waals surface area contributed by atoms with Crippen LogP contribution in [0.15, 0.2) is 23.1 Å². The van der Waals surface area contributed by atoms with E-state index in [9.17, 15) is 8.42 Å². The smallest absolute Gasteiger partial charge is 0.265 e. The van der Waals surface area contributed by atoms with Crippen molar-refractivity contribution < 1.29 is 8.42 Å². The second kappa shape index (κ2) is 6.23. The van der Waals surface area contributed by atoms with E-state index in [1.807, 2.05) is 0 Å². The molecule has 1 heterocycles. The Balaban J connectivity index is 2.46. The van der Waals surface area contributed by atoms with Crippen molar-refractivity contribution in [1.29, 1.82) is 0 Å². The van der Waals surface area contributed by atoms with Gasteiger partial charge in [0, 0.05) is 6.54 Å². The second-order valence-corrected chi connectivity index (χ2v) is 6.79. The van der Waals surface area contributed by atoms with Gasteiger partial charge in [0.1, 0.15) is 4.90 Å². The van der Waals surface area contributed by atoms with Gasteiger partial charge in [-0.1, -0.05) is 29.3 Å². The van der Waals surface area contributed by atoms with E-state index < -0.39 is 10.0 Å². The molecule has 0 spiro atoms. The molecule has 0 aliphatic carbocycles. The number of anilines is 1. The lowest BCUT2D eigenvalue weighted by atomic mass is 10.3. The molecule has 2 rings (SSSR count). The quantitative estimate of drug-likeness (QED) is 0.774. The summed E-state index contributed by atoms with van der Waals surface area (Å²) >= 11 is 12.0. The van der Waals surface area contributed by atoms with Crippen LogP contribution in [0.3, 0.4) is 0 Å². The molecule has 0 aliphatic rings. The van der Waals surface area contributed by atoms with Gasteiger partial charge < -0.3 is 5.32 Å². The first-order chi connectivity index (χ1) is 9.86. The monoisotopic (exact) mass is 348 g/mol. The first-order valence-corrected chi connectivity index (χ1v) is 8.26. The highest BCUT2D eigenvalue weighted by atomic mass is 35.5. The molecule has 1 aromatic heterocycles. The van der Waals surface area contributed by atoms with Gasteiger partial charge in [-0.2, -0.15) is 5.10 Å². The van der Waals surface area contributed by atoms with Gasteiger partial charge >= 0.3 is 0 Å². The molecular formula is C12H14Cl2N4O2S. The van der Waals surface area contributed by atoms with Crippen molar-refractivity contribution in [3.63, 3.8) is 0 Å². The minimum atomic E-state index is -3.85. The van der Waals surface area contributed by atoms with Crippen LogP contribution in [0.4, 0.5) is 5.69 Å². The van der Waals surface area contributed by atoms with E-state index in [1.54, 1.807) is 32.2 Å². The summed E-state index contributed by atoms with van der Waals surface area (Å²) in [5, 5.41) is 9.97. The Kier molecular flexibility index (Phi) is 4.77. The number of rotatable bonds is 5. The molecule has 0 amide bonds. The van der Waals surface area contributed by atoms with Crippen LogP contribution in [-0.4, -0.2) is 25.7 Å². The third kappa shape index (κ3) is 3.32. The highest BCUT2D eigenvalue weighted by molar-refractivity contribution is 7.92. The van der Waals surface area contributed by atoms with Crippen molar-refractivity contribution in [3.05, 3.63) is 39.6 Å². The van der Waals surface area contributed by atoms with Crippen LogP contribution in [0, 0.1) is 6.92 Å². The number of aromatic nitrogens is 2. The fraction of sp³-hybridized carbons (Fsp3) is 0.250. The number of sulfonamides is 1. The largest absolute Gasteiger partial charge is 0.314 e. The molecule has 2 aromatic rings. The van der Waals surface area contributed by atoms with Gasteiger partial charge in [0.15, 0.2) is 0 Å². The Morgan fingerprint density at radius 3 is 2.48 bits per heavy atom. The SMILES string of the molecule is CNCc1n[nH]c(C)c1S(=O)(=O)Nc1c(Cl)cccc1Cl. The average Bonchev–Trinajstić information content (AvgIpc) is 2.77. The van der Waals surface area contributed by atoms with Crippen molar-refractivity contribution in [1.82, 2.24) is 15.5 Å². The molecule has 0 bridgehead atoms. The number of aryl methyl sites for hydroxylation is 1. The van der Waals surface area contributed by atoms with E-state index in [0.29, 0.717) is 17.9 Å². The molecule has 0 atom stereocenters. The highest BCUT2D eigenvalue weighted by Crippen LogP contribution is 2.32. The number of aromatic amines is 1. The third-order valence-corrected chi connectivity index (χ3v) is 4.96. The van der Waals surface area contributed by atoms with Crippen molar-refractivity contribution in [2.45, 2.75) is 18.4 Å². The molecule has 21 heavy (non-hydrogen) atoms. The van der Waals surface area contributed by atoms with Crippen molar-refractivity contribution in [3.8, 4) is 0 Å². The topological polar surface area (TPSA) is 86.9 Å². The summed E-state index contributed by atoms with van der Waals surface area (Å²) < 4.78 is 27.6. The highest BCUT2D eigenvalue weighted by Gasteiger charge is 2.25. The normalized spacial score (nSPS) is 11.6. The van der Waals surface area contributed by atoms with Crippen LogP contribution in [-0.2, 0) is 16.6 Å². The number of nitrogens with zero attached hydrogens (tertiary/aromatic N) is 1. The third-order valence-electron chi connectivity index (χ3n) is 2.77. The number of benzene rings is 1. The molecule has 9 heteroatoms. The van der Waals surface area contributed by atoms with Gasteiger partial charge in [0.05, 0.1) is 27.1 Å². The lowest BCUT2D eigenvalue weighted by molar-refractivity contribution is 0.598. The maximum Gasteiger partial charge on any atom is 0.265 e. The zero-order chi connectivity index (χ0) is 15.6. The minimum Gasteiger partial charge on any atom is -0.314 e. The number of halogens is 2. The number of hydrogen-bond acceptors (Lipinski definition) is 4. The van der Waals surface area contributed by atoms with E-state index >= 15 is 0 Å². The molecule has 6 nitrogen and oxygen atoms in total. The molecule has 0 unspecified atom stereocenters. The molecule has 0 aliphatic heterocycles. The Hall–Kier alpha value is -1.28. The average molecular weight is 349 g/mol. The Bertz CT molecular complexity index is 738. The summed E-state index contributed by atoms with van der Waals surface area (Å²) in [5.74, 6) is 0. The first-order valence-electron chi connectivity index (χ1n) is 6.02. The van der Waals surface area contributed by atoms with Crippen LogP contribution < -0.4 is 10.0 Å². The summed E-state index contributed by atoms with van der Waals surface area (Å²) in [7, 11) is -2.14. The molecule has 0 radical (unpaired) electrons. The number of H-pyrrole nitrogens is 1. The summed E-state index contributed by atoms with van der Waals surface area (Å²) in [6, 6.07) is 4.75. The summed E-state index contributed by atoms with van der Waals surface area (Å²) in [4.78, 5) is 0.0906. The van der Waals surface area contributed by atoms with E-state index in [-0.39, 0.29) is 20.6 Å². The van der Waals surface area contributed by atoms with Gasteiger partial charge in [-0.05, 0) is 26.1 Å². The van der Waals surface area contributed by atoms with Crippen LogP contribution in [0.5, 0.6) is 0 Å². The van der Waals surface area contributed by atoms with Crippen LogP contribution in [0.2, 0.25) is 10.0 Å². The Labute approximate surface area is 132 Å². The van der Waals surface area contributed by atoms with Crippen LogP contribution in [0.1, 0.15) is 11.4 Å². The van der Waals surface area contributed by atoms with Crippen LogP contribution in [0.25, 0.3) is 0 Å². The number of hydrogen-bond donors (Lipinski definition) is 3. The van der Waals surface area contributed by atoms with E-state index in [4.69, 9.17) is 23.2 Å². The lowest BCUT2D eigenvalue weighted by Crippen LogP contribution is -2.18. The fourth-order valence-corrected chi connectivity index (χ4v) is 3.97. The summed E-state index contributed by atoms with van der Waals surface area (Å²) in [6.45, 7) is 1.95. The predicted molar refractivity (Wildman–Crippen MR) is 83.4 cm³/mol. The van der Waals surface area contributed by atoms with Gasteiger partial charge in [0.2, 0.25) is 0 Å². The standard InChI is InChI=1S/C12H14Cl2N4O2S/c1-7-12(10(6-15-2)17-16-7)21(19,20)18-11-8(13)4-3-5-9(11)14/h3-5,15,18H,6H2,1-2H3,(H,16,17). The Morgan fingerprint density at radius 1 is 1.29 bits per heavy atom. The molecular weight excluding hydrogens is 335 g/mol. The van der Waals surface area contributed by atoms with Gasteiger partial charge in [-0.3, -0.25) is 9.82 Å². The van der Waals surface area contributed by atoms with Crippen molar-refractivity contribution in [2.75, 3.05) is 11.8 Å². The molecule has 0 fully saturated rings. The second-order valence-electron chi connectivity index (χ2n) is 4.36. The number of para-hydroxylation sites is 1. The van der Waals surface area contributed by atoms with Crippen molar-refractivity contribution >= 4 is 38.9 Å². The summed E-state index contributed by atoms with van der Waals surface area (Å²) in [6.07, 6.45) is 0. The van der Waals surface area contributed by atoms with Crippen molar-refractivity contribution in [2.24, 2.45) is 0 Å². The number of nitrogens with one attached hydrogen (secondary N) is 3. The van der Waals surface area contributed by atoms with Gasteiger partial charge in [-0.25, -0.2) is 8.42 Å². The molecule has 1 aromatic carbocycles.